The van der Waals surface area contributed by atoms with Crippen molar-refractivity contribution >= 4 is 5.91 Å². The number of hydrogen-bond acceptors (Lipinski definition) is 5. The summed E-state index contributed by atoms with van der Waals surface area (Å²) in [6.07, 6.45) is 5.24. The van der Waals surface area contributed by atoms with Gasteiger partial charge in [-0.1, -0.05) is 0 Å². The van der Waals surface area contributed by atoms with Crippen LogP contribution in [0.5, 0.6) is 0 Å². The SMILES string of the molecule is COCC(=O)N1CC[C@H](Cc2nccnc2-c2c(C)n[nH]c2C)C1. The fraction of sp³-hybridized carbons (Fsp3) is 0.529. The normalized spacial score (nSPS) is 17.5. The molecule has 1 aliphatic rings. The maximum Gasteiger partial charge on any atom is 0.248 e. The summed E-state index contributed by atoms with van der Waals surface area (Å²) in [6, 6.07) is 0. The van der Waals surface area contributed by atoms with E-state index in [1.165, 1.54) is 0 Å². The molecule has 0 spiro atoms. The van der Waals surface area contributed by atoms with Gasteiger partial charge in [-0.05, 0) is 32.6 Å². The monoisotopic (exact) mass is 329 g/mol. The molecule has 0 aliphatic carbocycles. The molecule has 2 aromatic heterocycles. The number of carbonyl (C=O) groups excluding carboxylic acids is 1. The molecule has 2 aromatic rings. The van der Waals surface area contributed by atoms with Gasteiger partial charge in [0.15, 0.2) is 0 Å². The Hall–Kier alpha value is -2.28. The molecule has 0 bridgehead atoms. The Morgan fingerprint density at radius 2 is 2.17 bits per heavy atom. The predicted molar refractivity (Wildman–Crippen MR) is 89.4 cm³/mol. The second kappa shape index (κ2) is 7.09. The highest BCUT2D eigenvalue weighted by molar-refractivity contribution is 5.77. The summed E-state index contributed by atoms with van der Waals surface area (Å²) in [5.74, 6) is 0.453. The van der Waals surface area contributed by atoms with Gasteiger partial charge >= 0.3 is 0 Å². The summed E-state index contributed by atoms with van der Waals surface area (Å²) >= 11 is 0. The molecule has 24 heavy (non-hydrogen) atoms. The van der Waals surface area contributed by atoms with Gasteiger partial charge in [-0.15, -0.1) is 0 Å². The van der Waals surface area contributed by atoms with Crippen molar-refractivity contribution in [2.45, 2.75) is 26.7 Å². The smallest absolute Gasteiger partial charge is 0.248 e. The number of rotatable bonds is 5. The van der Waals surface area contributed by atoms with Crippen molar-refractivity contribution in [1.29, 1.82) is 0 Å². The Morgan fingerprint density at radius 3 is 2.88 bits per heavy atom. The zero-order chi connectivity index (χ0) is 17.1. The van der Waals surface area contributed by atoms with Crippen LogP contribution in [0.4, 0.5) is 0 Å². The Balaban J connectivity index is 1.77. The van der Waals surface area contributed by atoms with Crippen LogP contribution in [-0.4, -0.2) is 57.8 Å². The zero-order valence-corrected chi connectivity index (χ0v) is 14.4. The molecule has 7 heteroatoms. The van der Waals surface area contributed by atoms with E-state index < -0.39 is 0 Å². The molecule has 0 radical (unpaired) electrons. The molecule has 1 atom stereocenters. The van der Waals surface area contributed by atoms with E-state index in [1.54, 1.807) is 19.5 Å². The molecule has 0 saturated carbocycles. The fourth-order valence-corrected chi connectivity index (χ4v) is 3.34. The molecular weight excluding hydrogens is 306 g/mol. The second-order valence-corrected chi connectivity index (χ2v) is 6.29. The number of nitrogens with zero attached hydrogens (tertiary/aromatic N) is 4. The lowest BCUT2D eigenvalue weighted by molar-refractivity contribution is -0.134. The summed E-state index contributed by atoms with van der Waals surface area (Å²) in [7, 11) is 1.55. The predicted octanol–water partition coefficient (Wildman–Crippen LogP) is 1.52. The van der Waals surface area contributed by atoms with Crippen molar-refractivity contribution in [3.63, 3.8) is 0 Å². The minimum absolute atomic E-state index is 0.0564. The van der Waals surface area contributed by atoms with Gasteiger partial charge in [0, 0.05) is 43.9 Å². The Bertz CT molecular complexity index is 708. The molecule has 1 fully saturated rings. The second-order valence-electron chi connectivity index (χ2n) is 6.29. The van der Waals surface area contributed by atoms with Crippen LogP contribution in [0, 0.1) is 19.8 Å². The molecule has 1 aliphatic heterocycles. The fourth-order valence-electron chi connectivity index (χ4n) is 3.34. The van der Waals surface area contributed by atoms with Gasteiger partial charge in [0.05, 0.1) is 17.1 Å². The molecule has 1 N–H and O–H groups in total. The molecule has 1 amide bonds. The van der Waals surface area contributed by atoms with Gasteiger partial charge in [0.25, 0.3) is 0 Å². The van der Waals surface area contributed by atoms with Crippen LogP contribution < -0.4 is 0 Å². The van der Waals surface area contributed by atoms with Crippen molar-refractivity contribution in [2.24, 2.45) is 5.92 Å². The lowest BCUT2D eigenvalue weighted by Gasteiger charge is -2.16. The van der Waals surface area contributed by atoms with Crippen molar-refractivity contribution in [2.75, 3.05) is 26.8 Å². The summed E-state index contributed by atoms with van der Waals surface area (Å²) in [5.41, 5.74) is 4.82. The number of aryl methyl sites for hydroxylation is 2. The maximum absolute atomic E-state index is 11.9. The first-order chi connectivity index (χ1) is 11.6. The lowest BCUT2D eigenvalue weighted by atomic mass is 9.98. The number of nitrogens with one attached hydrogen (secondary N) is 1. The number of aromatic amines is 1. The number of ether oxygens (including phenoxy) is 1. The summed E-state index contributed by atoms with van der Waals surface area (Å²) in [6.45, 7) is 5.65. The van der Waals surface area contributed by atoms with Gasteiger partial charge < -0.3 is 9.64 Å². The third-order valence-corrected chi connectivity index (χ3v) is 4.53. The first kappa shape index (κ1) is 16.6. The van der Waals surface area contributed by atoms with E-state index in [-0.39, 0.29) is 12.5 Å². The van der Waals surface area contributed by atoms with E-state index in [0.717, 1.165) is 54.3 Å². The third kappa shape index (κ3) is 3.31. The third-order valence-electron chi connectivity index (χ3n) is 4.53. The number of amides is 1. The van der Waals surface area contributed by atoms with Crippen molar-refractivity contribution in [3.8, 4) is 11.3 Å². The van der Waals surface area contributed by atoms with Crippen molar-refractivity contribution in [3.05, 3.63) is 29.5 Å². The van der Waals surface area contributed by atoms with Gasteiger partial charge in [0.1, 0.15) is 6.61 Å². The molecule has 3 rings (SSSR count). The van der Waals surface area contributed by atoms with Crippen LogP contribution in [0.3, 0.4) is 0 Å². The lowest BCUT2D eigenvalue weighted by Crippen LogP contribution is -2.31. The number of carbonyl (C=O) groups is 1. The molecule has 3 heterocycles. The Morgan fingerprint density at radius 1 is 1.38 bits per heavy atom. The molecule has 7 nitrogen and oxygen atoms in total. The van der Waals surface area contributed by atoms with Gasteiger partial charge in [-0.25, -0.2) is 0 Å². The average molecular weight is 329 g/mol. The first-order valence-corrected chi connectivity index (χ1v) is 8.18. The standard InChI is InChI=1S/C17H23N5O2/c1-11-16(12(2)21-20-11)17-14(18-5-6-19-17)8-13-4-7-22(9-13)15(23)10-24-3/h5-6,13H,4,7-10H2,1-3H3,(H,20,21)/t13-/m1/s1. The minimum atomic E-state index is 0.0564. The van der Waals surface area contributed by atoms with E-state index in [4.69, 9.17) is 4.74 Å². The zero-order valence-electron chi connectivity index (χ0n) is 14.4. The Labute approximate surface area is 141 Å². The molecular formula is C17H23N5O2. The first-order valence-electron chi connectivity index (χ1n) is 8.18. The van der Waals surface area contributed by atoms with Gasteiger partial charge in [-0.2, -0.15) is 5.10 Å². The summed E-state index contributed by atoms with van der Waals surface area (Å²) in [5, 5.41) is 7.27. The highest BCUT2D eigenvalue weighted by atomic mass is 16.5. The number of likely N-dealkylation sites (tertiary alicyclic amines) is 1. The molecule has 0 unspecified atom stereocenters. The van der Waals surface area contributed by atoms with Crippen LogP contribution in [0.15, 0.2) is 12.4 Å². The topological polar surface area (TPSA) is 84.0 Å². The summed E-state index contributed by atoms with van der Waals surface area (Å²) < 4.78 is 4.94. The Kier molecular flexibility index (Phi) is 4.89. The van der Waals surface area contributed by atoms with E-state index in [2.05, 4.69) is 20.2 Å². The van der Waals surface area contributed by atoms with Crippen molar-refractivity contribution < 1.29 is 9.53 Å². The van der Waals surface area contributed by atoms with E-state index >= 15 is 0 Å². The minimum Gasteiger partial charge on any atom is -0.375 e. The van der Waals surface area contributed by atoms with Crippen LogP contribution in [0.2, 0.25) is 0 Å². The van der Waals surface area contributed by atoms with Crippen LogP contribution in [0.1, 0.15) is 23.5 Å². The quantitative estimate of drug-likeness (QED) is 0.899. The largest absolute Gasteiger partial charge is 0.375 e. The van der Waals surface area contributed by atoms with Crippen LogP contribution >= 0.6 is 0 Å². The summed E-state index contributed by atoms with van der Waals surface area (Å²) in [4.78, 5) is 22.9. The molecule has 0 aromatic carbocycles. The van der Waals surface area contributed by atoms with Crippen molar-refractivity contribution in [1.82, 2.24) is 25.1 Å². The number of H-pyrrole nitrogens is 1. The van der Waals surface area contributed by atoms with Crippen LogP contribution in [-0.2, 0) is 16.0 Å². The maximum atomic E-state index is 11.9. The number of hydrogen-bond donors (Lipinski definition) is 1. The van der Waals surface area contributed by atoms with Gasteiger partial charge in [0.2, 0.25) is 5.91 Å². The van der Waals surface area contributed by atoms with E-state index in [9.17, 15) is 4.79 Å². The molecule has 1 saturated heterocycles. The van der Waals surface area contributed by atoms with E-state index in [0.29, 0.717) is 5.92 Å². The highest BCUT2D eigenvalue weighted by Crippen LogP contribution is 2.28. The average Bonchev–Trinajstić information content (AvgIpc) is 3.16. The van der Waals surface area contributed by atoms with E-state index in [1.807, 2.05) is 18.7 Å². The van der Waals surface area contributed by atoms with Crippen LogP contribution in [0.25, 0.3) is 11.3 Å². The number of aromatic nitrogens is 4. The number of methoxy groups -OCH3 is 1. The van der Waals surface area contributed by atoms with Gasteiger partial charge in [-0.3, -0.25) is 19.9 Å². The molecule has 128 valence electrons. The highest BCUT2D eigenvalue weighted by Gasteiger charge is 2.28.